The van der Waals surface area contributed by atoms with Gasteiger partial charge in [-0.2, -0.15) is 0 Å². The Bertz CT molecular complexity index is 438. The van der Waals surface area contributed by atoms with Gasteiger partial charge in [0, 0.05) is 0 Å². The lowest BCUT2D eigenvalue weighted by atomic mass is 10.3. The van der Waals surface area contributed by atoms with Crippen molar-refractivity contribution in [3.8, 4) is 0 Å². The molecule has 0 spiro atoms. The lowest BCUT2D eigenvalue weighted by Gasteiger charge is -2.14. The van der Waals surface area contributed by atoms with Crippen LogP contribution in [0, 0.1) is 0 Å². The molecule has 4 nitrogen and oxygen atoms in total. The van der Waals surface area contributed by atoms with Crippen LogP contribution in [-0.2, 0) is 9.05 Å². The summed E-state index contributed by atoms with van der Waals surface area (Å²) in [6, 6.07) is 8.06. The maximum absolute atomic E-state index is 5.48. The molecule has 0 saturated carbocycles. The lowest BCUT2D eigenvalue weighted by molar-refractivity contribution is 0.273. The number of anilines is 1. The molecular formula is C11H15N2O2PS. The Morgan fingerprint density at radius 2 is 1.94 bits per heavy atom. The monoisotopic (exact) mass is 270 g/mol. The Morgan fingerprint density at radius 3 is 2.59 bits per heavy atom. The Balaban J connectivity index is 2.10. The molecule has 0 bridgehead atoms. The average Bonchev–Trinajstić information content (AvgIpc) is 2.71. The van der Waals surface area contributed by atoms with Crippen LogP contribution in [0.3, 0.4) is 0 Å². The molecule has 0 aliphatic heterocycles. The van der Waals surface area contributed by atoms with Crippen molar-refractivity contribution in [1.82, 2.24) is 4.98 Å². The first-order valence-electron chi connectivity index (χ1n) is 5.51. The van der Waals surface area contributed by atoms with E-state index in [-0.39, 0.29) is 0 Å². The van der Waals surface area contributed by atoms with Crippen LogP contribution in [0.5, 0.6) is 0 Å². The molecule has 92 valence electrons. The number of nitrogens with one attached hydrogen (secondary N) is 1. The zero-order valence-corrected chi connectivity index (χ0v) is 11.6. The third-order valence-corrected chi connectivity index (χ3v) is 4.46. The van der Waals surface area contributed by atoms with Crippen LogP contribution in [0.4, 0.5) is 5.13 Å². The van der Waals surface area contributed by atoms with E-state index in [1.54, 1.807) is 11.3 Å². The molecule has 6 heteroatoms. The summed E-state index contributed by atoms with van der Waals surface area (Å²) in [5, 5.41) is 4.04. The molecule has 1 N–H and O–H groups in total. The Hall–Kier alpha value is -0.740. The van der Waals surface area contributed by atoms with E-state index >= 15 is 0 Å². The van der Waals surface area contributed by atoms with Crippen molar-refractivity contribution >= 4 is 35.2 Å². The van der Waals surface area contributed by atoms with E-state index in [0.29, 0.717) is 13.2 Å². The summed E-state index contributed by atoms with van der Waals surface area (Å²) < 4.78 is 12.1. The number of benzene rings is 1. The molecule has 1 heterocycles. The van der Waals surface area contributed by atoms with E-state index < -0.39 is 8.53 Å². The van der Waals surface area contributed by atoms with E-state index in [0.717, 1.165) is 15.3 Å². The normalized spacial score (nSPS) is 11.2. The minimum atomic E-state index is -1.08. The van der Waals surface area contributed by atoms with Crippen LogP contribution in [0.25, 0.3) is 10.2 Å². The summed E-state index contributed by atoms with van der Waals surface area (Å²) in [5.41, 5.74) is 1.00. The molecule has 17 heavy (non-hydrogen) atoms. The van der Waals surface area contributed by atoms with Crippen molar-refractivity contribution in [3.05, 3.63) is 24.3 Å². The molecule has 2 rings (SSSR count). The van der Waals surface area contributed by atoms with Crippen LogP contribution < -0.4 is 5.09 Å². The van der Waals surface area contributed by atoms with Gasteiger partial charge in [-0.3, -0.25) is 5.09 Å². The minimum Gasteiger partial charge on any atom is -0.318 e. The third-order valence-electron chi connectivity index (χ3n) is 1.97. The number of rotatable bonds is 6. The highest BCUT2D eigenvalue weighted by atomic mass is 32.1. The number of hydrogen-bond acceptors (Lipinski definition) is 5. The third kappa shape index (κ3) is 3.36. The van der Waals surface area contributed by atoms with Gasteiger partial charge in [-0.05, 0) is 26.0 Å². The molecule has 0 aliphatic rings. The number of fused-ring (bicyclic) bond motifs is 1. The van der Waals surface area contributed by atoms with Crippen LogP contribution >= 0.6 is 19.9 Å². The summed E-state index contributed by atoms with van der Waals surface area (Å²) >= 11 is 1.61. The first-order chi connectivity index (χ1) is 8.33. The maximum atomic E-state index is 5.48. The number of hydrogen-bond donors (Lipinski definition) is 1. The number of aromatic nitrogens is 1. The summed E-state index contributed by atoms with van der Waals surface area (Å²) in [6.07, 6.45) is 0. The molecule has 0 aliphatic carbocycles. The highest BCUT2D eigenvalue weighted by Gasteiger charge is 2.12. The lowest BCUT2D eigenvalue weighted by Crippen LogP contribution is -1.99. The highest BCUT2D eigenvalue weighted by Crippen LogP contribution is 2.40. The van der Waals surface area contributed by atoms with E-state index in [9.17, 15) is 0 Å². The molecule has 1 aromatic carbocycles. The van der Waals surface area contributed by atoms with Crippen molar-refractivity contribution in [3.63, 3.8) is 0 Å². The SMILES string of the molecule is CCOP(Nc1nc2ccccc2s1)OCC. The molecule has 1 aromatic heterocycles. The first-order valence-corrected chi connectivity index (χ1v) is 7.51. The van der Waals surface area contributed by atoms with Crippen molar-refractivity contribution in [1.29, 1.82) is 0 Å². The fourth-order valence-electron chi connectivity index (χ4n) is 1.33. The summed E-state index contributed by atoms with van der Waals surface area (Å²) in [5.74, 6) is 0. The van der Waals surface area contributed by atoms with Crippen LogP contribution in [0.1, 0.15) is 13.8 Å². The molecule has 0 fully saturated rings. The average molecular weight is 270 g/mol. The number of thiazole rings is 1. The van der Waals surface area contributed by atoms with E-state index in [4.69, 9.17) is 9.05 Å². The van der Waals surface area contributed by atoms with E-state index in [1.165, 1.54) is 0 Å². The van der Waals surface area contributed by atoms with E-state index in [2.05, 4.69) is 16.1 Å². The molecular weight excluding hydrogens is 255 g/mol. The van der Waals surface area contributed by atoms with Crippen LogP contribution in [0.15, 0.2) is 24.3 Å². The van der Waals surface area contributed by atoms with Gasteiger partial charge in [-0.1, -0.05) is 23.5 Å². The molecule has 0 unspecified atom stereocenters. The standard InChI is InChI=1S/C11H15N2O2PS/c1-3-14-16(15-4-2)13-11-12-9-7-5-6-8-10(9)17-11/h5-8H,3-4H2,1-2H3,(H,12,13). The van der Waals surface area contributed by atoms with Gasteiger partial charge in [0.1, 0.15) is 0 Å². The van der Waals surface area contributed by atoms with Crippen LogP contribution in [-0.4, -0.2) is 18.2 Å². The van der Waals surface area contributed by atoms with Gasteiger partial charge in [0.05, 0.1) is 23.4 Å². The van der Waals surface area contributed by atoms with Crippen molar-refractivity contribution in [2.75, 3.05) is 18.3 Å². The Labute approximate surface area is 106 Å². The Morgan fingerprint density at radius 1 is 1.24 bits per heavy atom. The quantitative estimate of drug-likeness (QED) is 0.805. The topological polar surface area (TPSA) is 43.4 Å². The smallest absolute Gasteiger partial charge is 0.288 e. The van der Waals surface area contributed by atoms with Gasteiger partial charge in [-0.15, -0.1) is 0 Å². The van der Waals surface area contributed by atoms with E-state index in [1.807, 2.05) is 32.0 Å². The zero-order valence-electron chi connectivity index (χ0n) is 9.84. The van der Waals surface area contributed by atoms with Gasteiger partial charge in [0.15, 0.2) is 5.13 Å². The van der Waals surface area contributed by atoms with Gasteiger partial charge in [0.2, 0.25) is 0 Å². The summed E-state index contributed by atoms with van der Waals surface area (Å²) in [7, 11) is -1.08. The predicted octanol–water partition coefficient (Wildman–Crippen LogP) is 4.01. The van der Waals surface area contributed by atoms with Crippen LogP contribution in [0.2, 0.25) is 0 Å². The second-order valence-electron chi connectivity index (χ2n) is 3.19. The maximum Gasteiger partial charge on any atom is 0.288 e. The molecule has 2 aromatic rings. The van der Waals surface area contributed by atoms with Crippen molar-refractivity contribution in [2.24, 2.45) is 0 Å². The molecule has 0 saturated heterocycles. The largest absolute Gasteiger partial charge is 0.318 e. The predicted molar refractivity (Wildman–Crippen MR) is 73.4 cm³/mol. The van der Waals surface area contributed by atoms with Gasteiger partial charge >= 0.3 is 0 Å². The first kappa shape index (κ1) is 12.7. The second kappa shape index (κ2) is 6.26. The van der Waals surface area contributed by atoms with Gasteiger partial charge in [-0.25, -0.2) is 4.98 Å². The molecule has 0 radical (unpaired) electrons. The molecule has 0 amide bonds. The fraction of sp³-hybridized carbons (Fsp3) is 0.364. The second-order valence-corrected chi connectivity index (χ2v) is 5.48. The fourth-order valence-corrected chi connectivity index (χ4v) is 3.34. The Kier molecular flexibility index (Phi) is 4.68. The summed E-state index contributed by atoms with van der Waals surface area (Å²) in [6.45, 7) is 5.16. The highest BCUT2D eigenvalue weighted by molar-refractivity contribution is 7.49. The van der Waals surface area contributed by atoms with Gasteiger partial charge in [0.25, 0.3) is 8.53 Å². The van der Waals surface area contributed by atoms with Crippen molar-refractivity contribution in [2.45, 2.75) is 13.8 Å². The molecule has 0 atom stereocenters. The van der Waals surface area contributed by atoms with Gasteiger partial charge < -0.3 is 9.05 Å². The number of para-hydroxylation sites is 1. The van der Waals surface area contributed by atoms with Crippen molar-refractivity contribution < 1.29 is 9.05 Å². The number of nitrogens with zero attached hydrogens (tertiary/aromatic N) is 1. The zero-order chi connectivity index (χ0) is 12.1. The summed E-state index contributed by atoms with van der Waals surface area (Å²) in [4.78, 5) is 4.48. The minimum absolute atomic E-state index is 0.629.